The maximum Gasteiger partial charge on any atom is 0.227 e. The number of ether oxygens (including phenoxy) is 3. The van der Waals surface area contributed by atoms with Crippen molar-refractivity contribution >= 4 is 21.7 Å². The van der Waals surface area contributed by atoms with Crippen molar-refractivity contribution in [1.29, 1.82) is 0 Å². The lowest BCUT2D eigenvalue weighted by molar-refractivity contribution is 0.0256. The van der Waals surface area contributed by atoms with Gasteiger partial charge in [-0.3, -0.25) is 0 Å². The minimum atomic E-state index is -3.36. The third kappa shape index (κ3) is 6.38. The second kappa shape index (κ2) is 11.3. The van der Waals surface area contributed by atoms with Crippen molar-refractivity contribution in [2.75, 3.05) is 44.8 Å². The molecule has 0 bridgehead atoms. The van der Waals surface area contributed by atoms with Crippen molar-refractivity contribution in [1.82, 2.24) is 14.3 Å². The average Bonchev–Trinajstić information content (AvgIpc) is 2.91. The number of anilines is 2. The number of hydrogen-bond donors (Lipinski definition) is 1. The van der Waals surface area contributed by atoms with Gasteiger partial charge in [0.2, 0.25) is 16.0 Å². The van der Waals surface area contributed by atoms with Gasteiger partial charge >= 0.3 is 0 Å². The molecule has 2 saturated heterocycles. The second-order valence-electron chi connectivity index (χ2n) is 8.81. The first kappa shape index (κ1) is 24.6. The highest BCUT2D eigenvalue weighted by molar-refractivity contribution is 7.88. The third-order valence-electron chi connectivity index (χ3n) is 6.20. The molecule has 3 aromatic rings. The molecule has 0 amide bonds. The minimum Gasteiger partial charge on any atom is -0.490 e. The summed E-state index contributed by atoms with van der Waals surface area (Å²) in [7, 11) is -3.36. The van der Waals surface area contributed by atoms with Crippen LogP contribution in [0.4, 0.5) is 11.6 Å². The van der Waals surface area contributed by atoms with Crippen LogP contribution < -0.4 is 10.1 Å². The zero-order chi connectivity index (χ0) is 24.8. The van der Waals surface area contributed by atoms with E-state index in [0.717, 1.165) is 54.3 Å². The van der Waals surface area contributed by atoms with Crippen molar-refractivity contribution in [3.63, 3.8) is 0 Å². The number of sulfonamides is 1. The lowest BCUT2D eigenvalue weighted by Crippen LogP contribution is -2.41. The summed E-state index contributed by atoms with van der Waals surface area (Å²) in [4.78, 5) is 8.96. The standard InChI is InChI=1S/C26H30N4O5S/c31-36(32,30-13-17-34-18-14-30)19-20-1-5-22(6-2-20)28-26-27-12-9-25(29-26)21-3-7-23(8-4-21)35-24-10-15-33-16-11-24/h1-9,12,24H,10-11,13-19H2,(H,27,28,29). The second-order valence-corrected chi connectivity index (χ2v) is 10.8. The number of rotatable bonds is 8. The Morgan fingerprint density at radius 3 is 2.33 bits per heavy atom. The van der Waals surface area contributed by atoms with Gasteiger partial charge in [-0.25, -0.2) is 18.4 Å². The van der Waals surface area contributed by atoms with Crippen LogP contribution in [0.15, 0.2) is 60.8 Å². The number of hydrogen-bond acceptors (Lipinski definition) is 8. The topological polar surface area (TPSA) is 103 Å². The molecule has 0 radical (unpaired) electrons. The summed E-state index contributed by atoms with van der Waals surface area (Å²) in [5.74, 6) is 1.27. The molecular formula is C26H30N4O5S. The quantitative estimate of drug-likeness (QED) is 0.490. The first-order chi connectivity index (χ1) is 17.5. The molecule has 5 rings (SSSR count). The maximum atomic E-state index is 12.6. The van der Waals surface area contributed by atoms with Crippen LogP contribution in [0.25, 0.3) is 11.3 Å². The van der Waals surface area contributed by atoms with Gasteiger partial charge in [0.15, 0.2) is 0 Å². The monoisotopic (exact) mass is 510 g/mol. The summed E-state index contributed by atoms with van der Waals surface area (Å²) in [6.07, 6.45) is 3.73. The molecular weight excluding hydrogens is 480 g/mol. The lowest BCUT2D eigenvalue weighted by atomic mass is 10.1. The molecule has 10 heteroatoms. The van der Waals surface area contributed by atoms with Gasteiger partial charge in [-0.15, -0.1) is 0 Å². The number of aromatic nitrogens is 2. The fourth-order valence-electron chi connectivity index (χ4n) is 4.21. The number of morpholine rings is 1. The van der Waals surface area contributed by atoms with Crippen LogP contribution in [0.5, 0.6) is 5.75 Å². The number of nitrogens with one attached hydrogen (secondary N) is 1. The molecule has 2 aromatic carbocycles. The molecule has 0 unspecified atom stereocenters. The van der Waals surface area contributed by atoms with Gasteiger partial charge in [-0.2, -0.15) is 4.31 Å². The first-order valence-electron chi connectivity index (χ1n) is 12.1. The Labute approximate surface area is 211 Å². The highest BCUT2D eigenvalue weighted by atomic mass is 32.2. The van der Waals surface area contributed by atoms with Gasteiger partial charge in [0.05, 0.1) is 37.9 Å². The molecule has 0 spiro atoms. The number of nitrogens with zero attached hydrogens (tertiary/aromatic N) is 3. The molecule has 2 fully saturated rings. The SMILES string of the molecule is O=S(=O)(Cc1ccc(Nc2nccc(-c3ccc(OC4CCOCC4)cc3)n2)cc1)N1CCOCC1. The Balaban J connectivity index is 1.20. The van der Waals surface area contributed by atoms with E-state index in [-0.39, 0.29) is 11.9 Å². The van der Waals surface area contributed by atoms with Crippen LogP contribution in [0.2, 0.25) is 0 Å². The molecule has 0 saturated carbocycles. The van der Waals surface area contributed by atoms with Crippen LogP contribution in [-0.2, 0) is 25.2 Å². The summed E-state index contributed by atoms with van der Waals surface area (Å²) in [5.41, 5.74) is 3.26. The van der Waals surface area contributed by atoms with Crippen LogP contribution >= 0.6 is 0 Å². The van der Waals surface area contributed by atoms with E-state index in [1.165, 1.54) is 4.31 Å². The average molecular weight is 511 g/mol. The maximum absolute atomic E-state index is 12.6. The highest BCUT2D eigenvalue weighted by Gasteiger charge is 2.24. The Hall–Kier alpha value is -3.05. The fourth-order valence-corrected chi connectivity index (χ4v) is 5.71. The van der Waals surface area contributed by atoms with Crippen LogP contribution in [0.3, 0.4) is 0 Å². The Morgan fingerprint density at radius 1 is 0.917 bits per heavy atom. The van der Waals surface area contributed by atoms with E-state index in [9.17, 15) is 8.42 Å². The predicted octanol–water partition coefficient (Wildman–Crippen LogP) is 3.61. The van der Waals surface area contributed by atoms with Crippen molar-refractivity contribution in [2.45, 2.75) is 24.7 Å². The van der Waals surface area contributed by atoms with Gasteiger partial charge in [0, 0.05) is 43.4 Å². The smallest absolute Gasteiger partial charge is 0.227 e. The molecule has 3 heterocycles. The molecule has 1 N–H and O–H groups in total. The van der Waals surface area contributed by atoms with E-state index >= 15 is 0 Å². The summed E-state index contributed by atoms with van der Waals surface area (Å²) in [5, 5.41) is 3.20. The Bertz CT molecular complexity index is 1240. The normalized spacial score (nSPS) is 17.6. The zero-order valence-corrected chi connectivity index (χ0v) is 20.8. The largest absolute Gasteiger partial charge is 0.490 e. The summed E-state index contributed by atoms with van der Waals surface area (Å²) in [6, 6.07) is 17.1. The van der Waals surface area contributed by atoms with Gasteiger partial charge in [0.25, 0.3) is 0 Å². The number of benzene rings is 2. The van der Waals surface area contributed by atoms with Crippen molar-refractivity contribution in [3.8, 4) is 17.0 Å². The zero-order valence-electron chi connectivity index (χ0n) is 20.0. The Morgan fingerprint density at radius 2 is 1.61 bits per heavy atom. The Kier molecular flexibility index (Phi) is 7.76. The van der Waals surface area contributed by atoms with E-state index in [2.05, 4.69) is 15.3 Å². The summed E-state index contributed by atoms with van der Waals surface area (Å²) < 4.78 is 43.5. The van der Waals surface area contributed by atoms with E-state index < -0.39 is 10.0 Å². The molecule has 1 aromatic heterocycles. The van der Waals surface area contributed by atoms with Gasteiger partial charge in [-0.05, 0) is 48.0 Å². The summed E-state index contributed by atoms with van der Waals surface area (Å²) >= 11 is 0. The molecule has 2 aliphatic heterocycles. The lowest BCUT2D eigenvalue weighted by Gasteiger charge is -2.26. The van der Waals surface area contributed by atoms with Crippen molar-refractivity contribution < 1.29 is 22.6 Å². The molecule has 2 aliphatic rings. The fraction of sp³-hybridized carbons (Fsp3) is 0.385. The van der Waals surface area contributed by atoms with E-state index in [4.69, 9.17) is 14.2 Å². The molecule has 36 heavy (non-hydrogen) atoms. The molecule has 0 aliphatic carbocycles. The van der Waals surface area contributed by atoms with E-state index in [1.807, 2.05) is 42.5 Å². The molecule has 190 valence electrons. The van der Waals surface area contributed by atoms with Crippen LogP contribution in [0.1, 0.15) is 18.4 Å². The third-order valence-corrected chi connectivity index (χ3v) is 8.05. The van der Waals surface area contributed by atoms with Gasteiger partial charge in [0.1, 0.15) is 11.9 Å². The van der Waals surface area contributed by atoms with Crippen LogP contribution in [0, 0.1) is 0 Å². The van der Waals surface area contributed by atoms with Crippen molar-refractivity contribution in [3.05, 3.63) is 66.4 Å². The minimum absolute atomic E-state index is 0.0342. The van der Waals surface area contributed by atoms with Gasteiger partial charge < -0.3 is 19.5 Å². The highest BCUT2D eigenvalue weighted by Crippen LogP contribution is 2.24. The van der Waals surface area contributed by atoms with E-state index in [0.29, 0.717) is 32.3 Å². The molecule has 9 nitrogen and oxygen atoms in total. The molecule has 0 atom stereocenters. The van der Waals surface area contributed by atoms with Gasteiger partial charge in [-0.1, -0.05) is 12.1 Å². The summed E-state index contributed by atoms with van der Waals surface area (Å²) in [6.45, 7) is 3.18. The van der Waals surface area contributed by atoms with Crippen molar-refractivity contribution in [2.24, 2.45) is 0 Å². The van der Waals surface area contributed by atoms with Crippen LogP contribution in [-0.4, -0.2) is 68.3 Å². The van der Waals surface area contributed by atoms with E-state index in [1.54, 1.807) is 18.3 Å². The predicted molar refractivity (Wildman–Crippen MR) is 137 cm³/mol. The first-order valence-corrected chi connectivity index (χ1v) is 13.8.